The number of anilines is 1. The van der Waals surface area contributed by atoms with Gasteiger partial charge in [-0.15, -0.1) is 11.3 Å². The third-order valence-corrected chi connectivity index (χ3v) is 7.33. The summed E-state index contributed by atoms with van der Waals surface area (Å²) >= 11 is 13.6. The Morgan fingerprint density at radius 3 is 2.55 bits per heavy atom. The van der Waals surface area contributed by atoms with E-state index in [1.54, 1.807) is 12.1 Å². The van der Waals surface area contributed by atoms with E-state index in [1.807, 2.05) is 19.1 Å². The highest BCUT2D eigenvalue weighted by Gasteiger charge is 2.20. The fourth-order valence-electron chi connectivity index (χ4n) is 1.59. The van der Waals surface area contributed by atoms with Crippen LogP contribution in [-0.4, -0.2) is 8.42 Å². The average Bonchev–Trinajstić information content (AvgIpc) is 2.70. The first-order valence-corrected chi connectivity index (χ1v) is 9.90. The minimum Gasteiger partial charge on any atom is -0.279 e. The van der Waals surface area contributed by atoms with E-state index in [0.29, 0.717) is 14.5 Å². The summed E-state index contributed by atoms with van der Waals surface area (Å²) in [6.45, 7) is 1.94. The van der Waals surface area contributed by atoms with Gasteiger partial charge in [0.05, 0.1) is 14.5 Å². The third kappa shape index (κ3) is 3.57. The monoisotopic (exact) mass is 457 g/mol. The molecule has 0 aliphatic carbocycles. The molecular formula is C12H10Br2ClNO2S2. The van der Waals surface area contributed by atoms with Gasteiger partial charge in [0.2, 0.25) is 0 Å². The summed E-state index contributed by atoms with van der Waals surface area (Å²) < 4.78 is 28.1. The predicted molar refractivity (Wildman–Crippen MR) is 91.6 cm³/mol. The van der Waals surface area contributed by atoms with E-state index in [2.05, 4.69) is 36.6 Å². The van der Waals surface area contributed by atoms with Crippen LogP contribution in [0, 0.1) is 0 Å². The van der Waals surface area contributed by atoms with Gasteiger partial charge in [0, 0.05) is 4.83 Å². The number of hydrogen-bond donors (Lipinski definition) is 1. The van der Waals surface area contributed by atoms with Crippen LogP contribution in [0.4, 0.5) is 5.69 Å². The van der Waals surface area contributed by atoms with Gasteiger partial charge in [-0.05, 0) is 40.5 Å². The van der Waals surface area contributed by atoms with Gasteiger partial charge in [0.1, 0.15) is 4.21 Å². The smallest absolute Gasteiger partial charge is 0.271 e. The lowest BCUT2D eigenvalue weighted by atomic mass is 10.1. The fourth-order valence-corrected chi connectivity index (χ4v) is 5.48. The van der Waals surface area contributed by atoms with E-state index in [4.69, 9.17) is 11.6 Å². The molecule has 0 aliphatic rings. The Labute approximate surface area is 143 Å². The summed E-state index contributed by atoms with van der Waals surface area (Å²) in [6, 6.07) is 8.68. The standard InChI is InChI=1S/C12H10Br2ClNO2S2/c1-7(13)8-4-2-3-5-10(8)16-20(17,18)11-6-9(15)12(14)19-11/h2-7,16H,1H3. The molecule has 0 saturated heterocycles. The topological polar surface area (TPSA) is 46.2 Å². The molecule has 3 nitrogen and oxygen atoms in total. The minimum absolute atomic E-state index is 0.0417. The van der Waals surface area contributed by atoms with Crippen molar-refractivity contribution in [1.29, 1.82) is 0 Å². The zero-order valence-electron chi connectivity index (χ0n) is 10.2. The zero-order chi connectivity index (χ0) is 14.9. The highest BCUT2D eigenvalue weighted by molar-refractivity contribution is 9.11. The number of sulfonamides is 1. The van der Waals surface area contributed by atoms with Crippen molar-refractivity contribution in [1.82, 2.24) is 0 Å². The first kappa shape index (κ1) is 16.3. The number of nitrogens with one attached hydrogen (secondary N) is 1. The molecule has 0 aliphatic heterocycles. The van der Waals surface area contributed by atoms with Crippen LogP contribution < -0.4 is 4.72 Å². The van der Waals surface area contributed by atoms with E-state index < -0.39 is 10.0 Å². The van der Waals surface area contributed by atoms with Crippen molar-refractivity contribution in [2.45, 2.75) is 16.0 Å². The summed E-state index contributed by atoms with van der Waals surface area (Å²) in [5, 5.41) is 0.387. The number of rotatable bonds is 4. The lowest BCUT2D eigenvalue weighted by Crippen LogP contribution is -2.13. The molecule has 0 fully saturated rings. The van der Waals surface area contributed by atoms with Crippen molar-refractivity contribution in [2.24, 2.45) is 0 Å². The van der Waals surface area contributed by atoms with Gasteiger partial charge in [-0.1, -0.05) is 45.7 Å². The van der Waals surface area contributed by atoms with Crippen molar-refractivity contribution in [3.05, 3.63) is 44.7 Å². The van der Waals surface area contributed by atoms with E-state index in [0.717, 1.165) is 16.9 Å². The highest BCUT2D eigenvalue weighted by atomic mass is 79.9. The van der Waals surface area contributed by atoms with Crippen molar-refractivity contribution >= 4 is 70.5 Å². The van der Waals surface area contributed by atoms with Crippen LogP contribution in [0.3, 0.4) is 0 Å². The summed E-state index contributed by atoms with van der Waals surface area (Å²) in [4.78, 5) is 0.0417. The molecule has 8 heteroatoms. The molecule has 2 aromatic rings. The van der Waals surface area contributed by atoms with Crippen LogP contribution in [-0.2, 0) is 10.0 Å². The second kappa shape index (κ2) is 6.36. The Hall–Kier alpha value is -0.0800. The maximum Gasteiger partial charge on any atom is 0.271 e. The van der Waals surface area contributed by atoms with Crippen molar-refractivity contribution in [3.8, 4) is 0 Å². The number of para-hydroxylation sites is 1. The van der Waals surface area contributed by atoms with Crippen LogP contribution in [0.25, 0.3) is 0 Å². The summed E-state index contributed by atoms with van der Waals surface area (Å²) in [7, 11) is -3.64. The minimum atomic E-state index is -3.64. The van der Waals surface area contributed by atoms with Gasteiger partial charge in [-0.3, -0.25) is 4.72 Å². The normalized spacial score (nSPS) is 13.2. The van der Waals surface area contributed by atoms with Crippen LogP contribution in [0.1, 0.15) is 17.3 Å². The van der Waals surface area contributed by atoms with Gasteiger partial charge < -0.3 is 0 Å². The van der Waals surface area contributed by atoms with Gasteiger partial charge >= 0.3 is 0 Å². The number of thiophene rings is 1. The molecular weight excluding hydrogens is 450 g/mol. The fraction of sp³-hybridized carbons (Fsp3) is 0.167. The van der Waals surface area contributed by atoms with Crippen LogP contribution in [0.2, 0.25) is 5.02 Å². The number of benzene rings is 1. The third-order valence-electron chi connectivity index (χ3n) is 2.52. The van der Waals surface area contributed by atoms with Gasteiger partial charge in [-0.2, -0.15) is 0 Å². The lowest BCUT2D eigenvalue weighted by Gasteiger charge is -2.13. The zero-order valence-corrected chi connectivity index (χ0v) is 15.8. The maximum absolute atomic E-state index is 12.3. The summed E-state index contributed by atoms with van der Waals surface area (Å²) in [5.41, 5.74) is 1.43. The van der Waals surface area contributed by atoms with Crippen LogP contribution in [0.15, 0.2) is 38.3 Å². The molecule has 0 radical (unpaired) electrons. The summed E-state index contributed by atoms with van der Waals surface area (Å²) in [6.07, 6.45) is 0. The molecule has 0 amide bonds. The average molecular weight is 460 g/mol. The first-order chi connectivity index (χ1) is 9.31. The second-order valence-electron chi connectivity index (χ2n) is 4.00. The Bertz CT molecular complexity index is 709. The Morgan fingerprint density at radius 2 is 2.00 bits per heavy atom. The molecule has 1 aromatic heterocycles. The first-order valence-electron chi connectivity index (χ1n) is 5.52. The molecule has 1 unspecified atom stereocenters. The molecule has 1 atom stereocenters. The number of alkyl halides is 1. The molecule has 1 N–H and O–H groups in total. The lowest BCUT2D eigenvalue weighted by molar-refractivity contribution is 0.603. The maximum atomic E-state index is 12.3. The largest absolute Gasteiger partial charge is 0.279 e. The molecule has 1 heterocycles. The summed E-state index contributed by atoms with van der Waals surface area (Å²) in [5.74, 6) is 0. The second-order valence-corrected chi connectivity index (χ2v) is 10.1. The van der Waals surface area contributed by atoms with Crippen molar-refractivity contribution in [3.63, 3.8) is 0 Å². The van der Waals surface area contributed by atoms with Gasteiger partial charge in [-0.25, -0.2) is 8.42 Å². The van der Waals surface area contributed by atoms with E-state index in [-0.39, 0.29) is 9.04 Å². The highest BCUT2D eigenvalue weighted by Crippen LogP contribution is 2.36. The Kier molecular flexibility index (Phi) is 5.18. The number of halogens is 3. The SMILES string of the molecule is CC(Br)c1ccccc1NS(=O)(=O)c1cc(Cl)c(Br)s1. The van der Waals surface area contributed by atoms with Crippen LogP contribution >= 0.6 is 54.8 Å². The van der Waals surface area contributed by atoms with E-state index in [9.17, 15) is 8.42 Å². The van der Waals surface area contributed by atoms with Gasteiger partial charge in [0.15, 0.2) is 0 Å². The Balaban J connectivity index is 2.38. The molecule has 108 valence electrons. The molecule has 20 heavy (non-hydrogen) atoms. The Morgan fingerprint density at radius 1 is 1.35 bits per heavy atom. The predicted octanol–water partition coefficient (Wildman–Crippen LogP) is 5.42. The van der Waals surface area contributed by atoms with Crippen molar-refractivity contribution < 1.29 is 8.42 Å². The quantitative estimate of drug-likeness (QED) is 0.621. The molecule has 1 aromatic carbocycles. The molecule has 2 rings (SSSR count). The van der Waals surface area contributed by atoms with Crippen LogP contribution in [0.5, 0.6) is 0 Å². The molecule has 0 spiro atoms. The number of hydrogen-bond acceptors (Lipinski definition) is 3. The van der Waals surface area contributed by atoms with E-state index in [1.165, 1.54) is 6.07 Å². The van der Waals surface area contributed by atoms with Gasteiger partial charge in [0.25, 0.3) is 10.0 Å². The molecule has 0 saturated carbocycles. The van der Waals surface area contributed by atoms with Crippen molar-refractivity contribution in [2.75, 3.05) is 4.72 Å². The van der Waals surface area contributed by atoms with E-state index >= 15 is 0 Å². The molecule has 0 bridgehead atoms.